The number of primary sulfonamides is 1. The first-order valence-electron chi connectivity index (χ1n) is 9.04. The molecule has 0 radical (unpaired) electrons. The Bertz CT molecular complexity index is 1100. The van der Waals surface area contributed by atoms with Gasteiger partial charge in [0.1, 0.15) is 5.82 Å². The molecule has 3 N–H and O–H groups in total. The molecule has 4 nitrogen and oxygen atoms in total. The van der Waals surface area contributed by atoms with Gasteiger partial charge in [-0.25, -0.2) is 17.9 Å². The van der Waals surface area contributed by atoms with E-state index in [2.05, 4.69) is 5.32 Å². The van der Waals surface area contributed by atoms with Crippen LogP contribution in [0.25, 0.3) is 22.3 Å². The molecule has 28 heavy (non-hydrogen) atoms. The van der Waals surface area contributed by atoms with Crippen LogP contribution in [0.3, 0.4) is 0 Å². The zero-order valence-electron chi connectivity index (χ0n) is 15.9. The fourth-order valence-corrected chi connectivity index (χ4v) is 4.03. The van der Waals surface area contributed by atoms with Gasteiger partial charge < -0.3 is 5.32 Å². The van der Waals surface area contributed by atoms with E-state index in [0.717, 1.165) is 11.1 Å². The van der Waals surface area contributed by atoms with Crippen LogP contribution in [-0.2, 0) is 23.0 Å². The minimum Gasteiger partial charge on any atom is -0.316 e. The molecule has 6 heteroatoms. The van der Waals surface area contributed by atoms with Gasteiger partial charge in [-0.1, -0.05) is 55.5 Å². The number of benzene rings is 3. The molecule has 0 aliphatic rings. The molecule has 0 atom stereocenters. The number of rotatable bonds is 6. The monoisotopic (exact) mass is 398 g/mol. The highest BCUT2D eigenvalue weighted by molar-refractivity contribution is 7.89. The maximum atomic E-state index is 15.6. The van der Waals surface area contributed by atoms with Crippen molar-refractivity contribution < 1.29 is 12.8 Å². The van der Waals surface area contributed by atoms with Gasteiger partial charge in [-0.2, -0.15) is 0 Å². The third kappa shape index (κ3) is 3.99. The van der Waals surface area contributed by atoms with Crippen molar-refractivity contribution in [2.75, 3.05) is 7.05 Å². The summed E-state index contributed by atoms with van der Waals surface area (Å²) in [4.78, 5) is -0.0811. The maximum absolute atomic E-state index is 15.6. The molecule has 3 rings (SSSR count). The first-order valence-corrected chi connectivity index (χ1v) is 10.6. The van der Waals surface area contributed by atoms with Gasteiger partial charge in [0.05, 0.1) is 4.90 Å². The number of hydrogen-bond acceptors (Lipinski definition) is 3. The zero-order chi connectivity index (χ0) is 20.3. The normalized spacial score (nSPS) is 11.6. The Morgan fingerprint density at radius 3 is 2.32 bits per heavy atom. The van der Waals surface area contributed by atoms with Gasteiger partial charge in [0.15, 0.2) is 0 Å². The fourth-order valence-electron chi connectivity index (χ4n) is 3.31. The first kappa shape index (κ1) is 20.2. The van der Waals surface area contributed by atoms with Crippen LogP contribution in [0.15, 0.2) is 65.6 Å². The number of nitrogens with one attached hydrogen (secondary N) is 1. The summed E-state index contributed by atoms with van der Waals surface area (Å²) in [6.45, 7) is 2.29. The lowest BCUT2D eigenvalue weighted by Crippen LogP contribution is -2.15. The Kier molecular flexibility index (Phi) is 5.93. The highest BCUT2D eigenvalue weighted by Gasteiger charge is 2.23. The van der Waals surface area contributed by atoms with E-state index in [4.69, 9.17) is 5.14 Å². The highest BCUT2D eigenvalue weighted by atomic mass is 32.2. The van der Waals surface area contributed by atoms with Gasteiger partial charge in [-0.3, -0.25) is 0 Å². The van der Waals surface area contributed by atoms with Crippen LogP contribution in [0.1, 0.15) is 18.1 Å². The van der Waals surface area contributed by atoms with Crippen LogP contribution in [0.4, 0.5) is 4.39 Å². The van der Waals surface area contributed by atoms with E-state index in [9.17, 15) is 8.42 Å². The van der Waals surface area contributed by atoms with Crippen molar-refractivity contribution >= 4 is 10.0 Å². The van der Waals surface area contributed by atoms with Crippen LogP contribution in [0.5, 0.6) is 0 Å². The van der Waals surface area contributed by atoms with Crippen molar-refractivity contribution in [1.82, 2.24) is 5.32 Å². The summed E-state index contributed by atoms with van der Waals surface area (Å²) >= 11 is 0. The van der Waals surface area contributed by atoms with Crippen LogP contribution in [0.2, 0.25) is 0 Å². The molecule has 146 valence electrons. The minimum absolute atomic E-state index is 0.0811. The van der Waals surface area contributed by atoms with Crippen LogP contribution < -0.4 is 10.5 Å². The Hall–Kier alpha value is -2.54. The Morgan fingerprint density at radius 1 is 1.00 bits per heavy atom. The predicted octanol–water partition coefficient (Wildman–Crippen LogP) is 4.09. The van der Waals surface area contributed by atoms with E-state index in [-0.39, 0.29) is 16.0 Å². The molecule has 3 aromatic carbocycles. The van der Waals surface area contributed by atoms with Gasteiger partial charge in [0.25, 0.3) is 0 Å². The third-order valence-electron chi connectivity index (χ3n) is 4.70. The van der Waals surface area contributed by atoms with Gasteiger partial charge in [-0.15, -0.1) is 0 Å². The van der Waals surface area contributed by atoms with Crippen molar-refractivity contribution in [2.24, 2.45) is 5.14 Å². The summed E-state index contributed by atoms with van der Waals surface area (Å²) in [5.41, 5.74) is 3.32. The number of sulfonamides is 1. The average molecular weight is 399 g/mol. The lowest BCUT2D eigenvalue weighted by Gasteiger charge is -2.18. The van der Waals surface area contributed by atoms with Crippen molar-refractivity contribution in [3.8, 4) is 22.3 Å². The zero-order valence-corrected chi connectivity index (χ0v) is 16.7. The molecule has 0 saturated carbocycles. The van der Waals surface area contributed by atoms with Crippen molar-refractivity contribution in [3.63, 3.8) is 0 Å². The summed E-state index contributed by atoms with van der Waals surface area (Å²) in [5.74, 6) is -0.450. The largest absolute Gasteiger partial charge is 0.316 e. The molecule has 0 aliphatic heterocycles. The van der Waals surface area contributed by atoms with Crippen LogP contribution in [-0.4, -0.2) is 15.5 Å². The molecular formula is C22H23FN2O2S. The van der Waals surface area contributed by atoms with Gasteiger partial charge in [0, 0.05) is 23.2 Å². The van der Waals surface area contributed by atoms with E-state index in [1.807, 2.05) is 43.3 Å². The van der Waals surface area contributed by atoms with Crippen molar-refractivity contribution in [1.29, 1.82) is 0 Å². The van der Waals surface area contributed by atoms with E-state index < -0.39 is 15.8 Å². The van der Waals surface area contributed by atoms with E-state index in [1.165, 1.54) is 6.07 Å². The fraction of sp³-hybridized carbons (Fsp3) is 0.182. The molecule has 0 fully saturated rings. The molecular weight excluding hydrogens is 375 g/mol. The molecule has 0 saturated heterocycles. The molecule has 3 aromatic rings. The molecule has 0 aromatic heterocycles. The summed E-state index contributed by atoms with van der Waals surface area (Å²) < 4.78 is 40.1. The van der Waals surface area contributed by atoms with E-state index >= 15 is 4.39 Å². The van der Waals surface area contributed by atoms with Gasteiger partial charge >= 0.3 is 0 Å². The lowest BCUT2D eigenvalue weighted by molar-refractivity contribution is 0.597. The van der Waals surface area contributed by atoms with Crippen LogP contribution >= 0.6 is 0 Å². The second-order valence-electron chi connectivity index (χ2n) is 6.59. The van der Waals surface area contributed by atoms with Crippen molar-refractivity contribution in [2.45, 2.75) is 24.8 Å². The van der Waals surface area contributed by atoms with Crippen molar-refractivity contribution in [3.05, 3.63) is 77.6 Å². The Balaban J connectivity index is 2.42. The number of hydrogen-bond donors (Lipinski definition) is 2. The Morgan fingerprint density at radius 2 is 1.71 bits per heavy atom. The van der Waals surface area contributed by atoms with Gasteiger partial charge in [-0.05, 0) is 42.3 Å². The van der Waals surface area contributed by atoms with Gasteiger partial charge in [0.2, 0.25) is 10.0 Å². The van der Waals surface area contributed by atoms with Crippen LogP contribution in [0, 0.1) is 5.82 Å². The SMILES string of the molecule is CCc1ccc(S(N)(=O)=O)c(-c2c(-c3ccccc3)ccc(CNC)c2F)c1. The summed E-state index contributed by atoms with van der Waals surface area (Å²) in [7, 11) is -2.30. The third-order valence-corrected chi connectivity index (χ3v) is 5.67. The van der Waals surface area contributed by atoms with E-state index in [0.29, 0.717) is 24.1 Å². The minimum atomic E-state index is -4.03. The van der Waals surface area contributed by atoms with E-state index in [1.54, 1.807) is 25.2 Å². The Labute approximate surface area is 165 Å². The molecule has 0 amide bonds. The summed E-state index contributed by atoms with van der Waals surface area (Å²) in [6, 6.07) is 17.8. The summed E-state index contributed by atoms with van der Waals surface area (Å²) in [5, 5.41) is 8.41. The maximum Gasteiger partial charge on any atom is 0.238 e. The standard InChI is InChI=1S/C22H23FN2O2S/c1-3-15-9-12-20(28(24,26)27)19(13-15)21-18(16-7-5-4-6-8-16)11-10-17(14-25-2)22(21)23/h4-13,25H,3,14H2,1-2H3,(H2,24,26,27). The lowest BCUT2D eigenvalue weighted by atomic mass is 9.91. The molecule has 0 spiro atoms. The number of halogens is 1. The molecule has 0 bridgehead atoms. The first-order chi connectivity index (χ1) is 13.4. The smallest absolute Gasteiger partial charge is 0.238 e. The topological polar surface area (TPSA) is 72.2 Å². The second-order valence-corrected chi connectivity index (χ2v) is 8.12. The molecule has 0 unspecified atom stereocenters. The number of aryl methyl sites for hydroxylation is 1. The number of nitrogens with two attached hydrogens (primary N) is 1. The molecule has 0 heterocycles. The molecule has 0 aliphatic carbocycles. The second kappa shape index (κ2) is 8.22. The average Bonchev–Trinajstić information content (AvgIpc) is 2.69. The summed E-state index contributed by atoms with van der Waals surface area (Å²) in [6.07, 6.45) is 0.691. The highest BCUT2D eigenvalue weighted by Crippen LogP contribution is 2.39. The quantitative estimate of drug-likeness (QED) is 0.657. The predicted molar refractivity (Wildman–Crippen MR) is 111 cm³/mol.